The molecule has 0 saturated carbocycles. The normalized spacial score (nSPS) is 14.7. The van der Waals surface area contributed by atoms with Crippen molar-refractivity contribution in [1.29, 1.82) is 0 Å². The second kappa shape index (κ2) is 7.51. The van der Waals surface area contributed by atoms with Crippen molar-refractivity contribution in [3.05, 3.63) is 0 Å². The molecule has 0 aliphatic rings. The highest BCUT2D eigenvalue weighted by Gasteiger charge is 2.32. The van der Waals surface area contributed by atoms with E-state index < -0.39 is 23.5 Å². The Balaban J connectivity index is 4.31. The molecule has 0 aliphatic heterocycles. The van der Waals surface area contributed by atoms with Gasteiger partial charge in [0, 0.05) is 11.8 Å². The molecular formula is C12H24N2O3S. The van der Waals surface area contributed by atoms with Crippen LogP contribution < -0.4 is 10.6 Å². The average Bonchev–Trinajstić information content (AvgIpc) is 2.21. The summed E-state index contributed by atoms with van der Waals surface area (Å²) >= 11 is 1.73. The van der Waals surface area contributed by atoms with Gasteiger partial charge in [0.05, 0.1) is 0 Å². The Morgan fingerprint density at radius 1 is 1.28 bits per heavy atom. The van der Waals surface area contributed by atoms with Gasteiger partial charge in [0.15, 0.2) is 0 Å². The lowest BCUT2D eigenvalue weighted by molar-refractivity contribution is -0.141. The van der Waals surface area contributed by atoms with E-state index in [9.17, 15) is 9.59 Å². The van der Waals surface area contributed by atoms with Crippen molar-refractivity contribution in [1.82, 2.24) is 10.6 Å². The Kier molecular flexibility index (Phi) is 7.13. The van der Waals surface area contributed by atoms with Crippen LogP contribution in [0.3, 0.4) is 0 Å². The standard InChI is InChI=1S/C12H24N2O3S/c1-6-18-7-8(2)13-11(17)14-9(10(15)16)12(3,4)5/h8-9H,6-7H2,1-5H3,(H,15,16)(H2,13,14,17)/t8?,9-/m0/s1. The summed E-state index contributed by atoms with van der Waals surface area (Å²) in [5, 5.41) is 14.3. The summed E-state index contributed by atoms with van der Waals surface area (Å²) in [5.41, 5.74) is -0.523. The van der Waals surface area contributed by atoms with Gasteiger partial charge in [-0.15, -0.1) is 0 Å². The number of carbonyl (C=O) groups excluding carboxylic acids is 1. The first kappa shape index (κ1) is 17.1. The number of carboxylic acid groups (broad SMARTS) is 1. The third kappa shape index (κ3) is 6.74. The number of carbonyl (C=O) groups is 2. The zero-order chi connectivity index (χ0) is 14.3. The lowest BCUT2D eigenvalue weighted by Gasteiger charge is -2.28. The van der Waals surface area contributed by atoms with Crippen molar-refractivity contribution >= 4 is 23.8 Å². The molecule has 0 bridgehead atoms. The monoisotopic (exact) mass is 276 g/mol. The third-order valence-corrected chi connectivity index (χ3v) is 3.48. The average molecular weight is 276 g/mol. The van der Waals surface area contributed by atoms with Crippen molar-refractivity contribution in [2.24, 2.45) is 5.41 Å². The van der Waals surface area contributed by atoms with Crippen LogP contribution in [0.5, 0.6) is 0 Å². The van der Waals surface area contributed by atoms with E-state index in [0.717, 1.165) is 11.5 Å². The molecule has 0 fully saturated rings. The third-order valence-electron chi connectivity index (χ3n) is 2.34. The van der Waals surface area contributed by atoms with Gasteiger partial charge in [-0.1, -0.05) is 27.7 Å². The molecule has 0 aliphatic carbocycles. The Labute approximate surface area is 113 Å². The van der Waals surface area contributed by atoms with Crippen LogP contribution in [0, 0.1) is 5.41 Å². The molecule has 0 aromatic heterocycles. The number of hydrogen-bond donors (Lipinski definition) is 3. The number of rotatable bonds is 6. The molecule has 0 aromatic carbocycles. The fourth-order valence-electron chi connectivity index (χ4n) is 1.38. The molecule has 106 valence electrons. The maximum atomic E-state index is 11.7. The van der Waals surface area contributed by atoms with E-state index >= 15 is 0 Å². The van der Waals surface area contributed by atoms with Gasteiger partial charge in [-0.05, 0) is 18.1 Å². The largest absolute Gasteiger partial charge is 0.480 e. The van der Waals surface area contributed by atoms with Crippen molar-refractivity contribution < 1.29 is 14.7 Å². The predicted octanol–water partition coefficient (Wildman–Crippen LogP) is 1.93. The van der Waals surface area contributed by atoms with E-state index in [-0.39, 0.29) is 6.04 Å². The molecule has 2 atom stereocenters. The fraction of sp³-hybridized carbons (Fsp3) is 0.833. The molecule has 0 rings (SSSR count). The van der Waals surface area contributed by atoms with Gasteiger partial charge in [-0.2, -0.15) is 11.8 Å². The molecule has 0 spiro atoms. The van der Waals surface area contributed by atoms with Gasteiger partial charge < -0.3 is 15.7 Å². The highest BCUT2D eigenvalue weighted by molar-refractivity contribution is 7.99. The van der Waals surface area contributed by atoms with Gasteiger partial charge in [0.1, 0.15) is 6.04 Å². The molecule has 2 amide bonds. The van der Waals surface area contributed by atoms with Gasteiger partial charge in [-0.25, -0.2) is 9.59 Å². The number of amides is 2. The molecule has 0 heterocycles. The molecule has 5 nitrogen and oxygen atoms in total. The van der Waals surface area contributed by atoms with Crippen molar-refractivity contribution in [3.8, 4) is 0 Å². The summed E-state index contributed by atoms with van der Waals surface area (Å²) in [6.07, 6.45) is 0. The zero-order valence-corrected chi connectivity index (χ0v) is 12.6. The molecule has 18 heavy (non-hydrogen) atoms. The molecule has 0 radical (unpaired) electrons. The van der Waals surface area contributed by atoms with Crippen LogP contribution in [0.1, 0.15) is 34.6 Å². The summed E-state index contributed by atoms with van der Waals surface area (Å²) in [6.45, 7) is 9.29. The van der Waals surface area contributed by atoms with Gasteiger partial charge >= 0.3 is 12.0 Å². The van der Waals surface area contributed by atoms with Gasteiger partial charge in [0.25, 0.3) is 0 Å². The number of aliphatic carboxylic acids is 1. The summed E-state index contributed by atoms with van der Waals surface area (Å²) in [4.78, 5) is 22.8. The predicted molar refractivity (Wildman–Crippen MR) is 75.0 cm³/mol. The first-order valence-corrected chi connectivity index (χ1v) is 7.21. The summed E-state index contributed by atoms with van der Waals surface area (Å²) in [5.74, 6) is 0.790. The number of urea groups is 1. The van der Waals surface area contributed by atoms with Crippen LogP contribution >= 0.6 is 11.8 Å². The Bertz CT molecular complexity index is 290. The minimum Gasteiger partial charge on any atom is -0.480 e. The number of carboxylic acids is 1. The van der Waals surface area contributed by atoms with Crippen molar-refractivity contribution in [2.75, 3.05) is 11.5 Å². The second-order valence-electron chi connectivity index (χ2n) is 5.32. The number of nitrogens with one attached hydrogen (secondary N) is 2. The number of thioether (sulfide) groups is 1. The second-order valence-corrected chi connectivity index (χ2v) is 6.63. The maximum absolute atomic E-state index is 11.7. The van der Waals surface area contributed by atoms with Crippen LogP contribution in [0.25, 0.3) is 0 Å². The minimum absolute atomic E-state index is 0.0179. The Morgan fingerprint density at radius 3 is 2.22 bits per heavy atom. The number of hydrogen-bond acceptors (Lipinski definition) is 3. The highest BCUT2D eigenvalue weighted by Crippen LogP contribution is 2.19. The van der Waals surface area contributed by atoms with Crippen LogP contribution in [0.15, 0.2) is 0 Å². The molecule has 6 heteroatoms. The van der Waals surface area contributed by atoms with E-state index in [4.69, 9.17) is 5.11 Å². The smallest absolute Gasteiger partial charge is 0.326 e. The lowest BCUT2D eigenvalue weighted by atomic mass is 9.87. The van der Waals surface area contributed by atoms with Gasteiger partial charge in [0.2, 0.25) is 0 Å². The highest BCUT2D eigenvalue weighted by atomic mass is 32.2. The summed E-state index contributed by atoms with van der Waals surface area (Å²) in [6, 6.07) is -1.31. The maximum Gasteiger partial charge on any atom is 0.326 e. The minimum atomic E-state index is -1.02. The van der Waals surface area contributed by atoms with Crippen molar-refractivity contribution in [3.63, 3.8) is 0 Å². The first-order valence-electron chi connectivity index (χ1n) is 6.06. The first-order chi connectivity index (χ1) is 8.18. The molecule has 0 saturated heterocycles. The van der Waals surface area contributed by atoms with Gasteiger partial charge in [-0.3, -0.25) is 0 Å². The van der Waals surface area contributed by atoms with E-state index in [2.05, 4.69) is 17.6 Å². The van der Waals surface area contributed by atoms with Crippen LogP contribution in [-0.4, -0.2) is 40.7 Å². The zero-order valence-electron chi connectivity index (χ0n) is 11.7. The fourth-order valence-corrected chi connectivity index (χ4v) is 2.05. The molecule has 1 unspecified atom stereocenters. The molecule has 3 N–H and O–H groups in total. The van der Waals surface area contributed by atoms with E-state index in [1.54, 1.807) is 32.5 Å². The Morgan fingerprint density at radius 2 is 1.83 bits per heavy atom. The SMILES string of the molecule is CCSCC(C)NC(=O)N[C@@H](C(=O)O)C(C)(C)C. The van der Waals surface area contributed by atoms with Crippen LogP contribution in [0.2, 0.25) is 0 Å². The van der Waals surface area contributed by atoms with Crippen LogP contribution in [-0.2, 0) is 4.79 Å². The van der Waals surface area contributed by atoms with E-state index in [0.29, 0.717) is 0 Å². The lowest BCUT2D eigenvalue weighted by Crippen LogP contribution is -2.53. The van der Waals surface area contributed by atoms with E-state index in [1.165, 1.54) is 0 Å². The Hall–Kier alpha value is -0.910. The topological polar surface area (TPSA) is 78.4 Å². The summed E-state index contributed by atoms with van der Waals surface area (Å²) < 4.78 is 0. The summed E-state index contributed by atoms with van der Waals surface area (Å²) in [7, 11) is 0. The van der Waals surface area contributed by atoms with Crippen LogP contribution in [0.4, 0.5) is 4.79 Å². The molecular weight excluding hydrogens is 252 g/mol. The quantitative estimate of drug-likeness (QED) is 0.692. The molecule has 0 aromatic rings. The van der Waals surface area contributed by atoms with Crippen molar-refractivity contribution in [2.45, 2.75) is 46.7 Å². The van der Waals surface area contributed by atoms with E-state index in [1.807, 2.05) is 6.92 Å².